The predicted molar refractivity (Wildman–Crippen MR) is 138 cm³/mol. The van der Waals surface area contributed by atoms with Crippen molar-refractivity contribution in [1.29, 1.82) is 0 Å². The Morgan fingerprint density at radius 2 is 1.95 bits per heavy atom. The number of rotatable bonds is 6. The standard InChI is InChI=1S/C26H27ClF3N7O2/c27-18-2-3-19-17(1-4-21(35-19)37-14-15-9-22(37)31-10-15)23(18)24(38)32-13-20(36-5-7-39-8-6-36)16-11-33-25(34-12-16)26(28,29)30/h1-4,11-12,15,20,22,31H,5-10,13-14H2,(H,32,38)/t15-,20?,22+/m0/s1. The van der Waals surface area contributed by atoms with E-state index in [4.69, 9.17) is 21.3 Å². The van der Waals surface area contributed by atoms with E-state index < -0.39 is 23.9 Å². The second-order valence-electron chi connectivity index (χ2n) is 10.0. The van der Waals surface area contributed by atoms with Crippen molar-refractivity contribution in [3.63, 3.8) is 0 Å². The topological polar surface area (TPSA) is 95.5 Å². The lowest BCUT2D eigenvalue weighted by Gasteiger charge is -2.34. The molecule has 1 amide bonds. The van der Waals surface area contributed by atoms with Crippen molar-refractivity contribution in [3.8, 4) is 0 Å². The summed E-state index contributed by atoms with van der Waals surface area (Å²) in [6.07, 6.45) is -0.925. The highest BCUT2D eigenvalue weighted by atomic mass is 35.5. The number of benzene rings is 1. The number of amides is 1. The Kier molecular flexibility index (Phi) is 7.04. The lowest BCUT2D eigenvalue weighted by molar-refractivity contribution is -0.145. The van der Waals surface area contributed by atoms with Gasteiger partial charge in [-0.3, -0.25) is 15.0 Å². The summed E-state index contributed by atoms with van der Waals surface area (Å²) in [6.45, 7) is 4.15. The third-order valence-electron chi connectivity index (χ3n) is 7.61. The molecule has 206 valence electrons. The molecule has 13 heteroatoms. The van der Waals surface area contributed by atoms with E-state index in [1.807, 2.05) is 17.0 Å². The molecule has 1 unspecified atom stereocenters. The quantitative estimate of drug-likeness (QED) is 0.474. The highest BCUT2D eigenvalue weighted by Crippen LogP contribution is 2.33. The Hall–Kier alpha value is -3.06. The number of anilines is 1. The molecule has 0 radical (unpaired) electrons. The molecule has 3 saturated heterocycles. The second-order valence-corrected chi connectivity index (χ2v) is 10.5. The second kappa shape index (κ2) is 10.5. The van der Waals surface area contributed by atoms with Crippen LogP contribution in [0.3, 0.4) is 0 Å². The lowest BCUT2D eigenvalue weighted by Crippen LogP contribution is -2.44. The first-order chi connectivity index (χ1) is 18.8. The minimum atomic E-state index is -4.63. The number of carbonyl (C=O) groups excluding carboxylic acids is 1. The van der Waals surface area contributed by atoms with E-state index in [-0.39, 0.29) is 17.7 Å². The predicted octanol–water partition coefficient (Wildman–Crippen LogP) is 3.26. The smallest absolute Gasteiger partial charge is 0.379 e. The fraction of sp³-hybridized carbons (Fsp3) is 0.462. The van der Waals surface area contributed by atoms with Crippen molar-refractivity contribution in [1.82, 2.24) is 30.5 Å². The molecule has 9 nitrogen and oxygen atoms in total. The Balaban J connectivity index is 1.24. The fourth-order valence-electron chi connectivity index (χ4n) is 5.66. The van der Waals surface area contributed by atoms with Gasteiger partial charge in [0, 0.05) is 56.1 Å². The Morgan fingerprint density at radius 3 is 2.62 bits per heavy atom. The third kappa shape index (κ3) is 5.25. The van der Waals surface area contributed by atoms with E-state index in [0.29, 0.717) is 54.3 Å². The summed E-state index contributed by atoms with van der Waals surface area (Å²) in [5, 5.41) is 7.34. The van der Waals surface area contributed by atoms with E-state index in [2.05, 4.69) is 25.5 Å². The fourth-order valence-corrected chi connectivity index (χ4v) is 5.91. The van der Waals surface area contributed by atoms with Crippen molar-refractivity contribution >= 4 is 34.2 Å². The van der Waals surface area contributed by atoms with Gasteiger partial charge in [0.05, 0.1) is 41.5 Å². The molecular formula is C26H27ClF3N7O2. The van der Waals surface area contributed by atoms with Crippen LogP contribution < -0.4 is 15.5 Å². The SMILES string of the molecule is O=C(NCC(c1cnc(C(F)(F)F)nc1)N1CCOCC1)c1c(Cl)ccc2nc(N3C[C@@H]4CN[C@H]3C4)ccc12. The zero-order valence-corrected chi connectivity index (χ0v) is 21.7. The zero-order chi connectivity index (χ0) is 27.1. The molecule has 39 heavy (non-hydrogen) atoms. The number of halogens is 4. The van der Waals surface area contributed by atoms with Gasteiger partial charge in [-0.2, -0.15) is 13.2 Å². The van der Waals surface area contributed by atoms with Gasteiger partial charge >= 0.3 is 6.18 Å². The number of ether oxygens (including phenoxy) is 1. The molecule has 3 atom stereocenters. The zero-order valence-electron chi connectivity index (χ0n) is 20.9. The average Bonchev–Trinajstić information content (AvgIpc) is 3.57. The van der Waals surface area contributed by atoms with E-state index in [1.54, 1.807) is 12.1 Å². The molecule has 3 aliphatic rings. The molecule has 0 spiro atoms. The van der Waals surface area contributed by atoms with Gasteiger partial charge in [0.1, 0.15) is 5.82 Å². The van der Waals surface area contributed by atoms with Crippen LogP contribution in [0.25, 0.3) is 10.9 Å². The van der Waals surface area contributed by atoms with Gasteiger partial charge in [-0.15, -0.1) is 0 Å². The van der Waals surface area contributed by atoms with Gasteiger partial charge in [0.15, 0.2) is 0 Å². The minimum Gasteiger partial charge on any atom is -0.379 e. The number of aromatic nitrogens is 3. The van der Waals surface area contributed by atoms with Crippen LogP contribution in [-0.4, -0.2) is 77.9 Å². The molecule has 2 aromatic heterocycles. The lowest BCUT2D eigenvalue weighted by atomic mass is 10.1. The van der Waals surface area contributed by atoms with Crippen molar-refractivity contribution < 1.29 is 22.7 Å². The van der Waals surface area contributed by atoms with E-state index in [9.17, 15) is 18.0 Å². The van der Waals surface area contributed by atoms with Gasteiger partial charge in [0.2, 0.25) is 5.82 Å². The molecule has 1 aromatic carbocycles. The highest BCUT2D eigenvalue weighted by molar-refractivity contribution is 6.35. The molecule has 0 saturated carbocycles. The van der Waals surface area contributed by atoms with Gasteiger partial charge in [0.25, 0.3) is 5.91 Å². The average molecular weight is 562 g/mol. The highest BCUT2D eigenvalue weighted by Gasteiger charge is 2.38. The summed E-state index contributed by atoms with van der Waals surface area (Å²) in [5.41, 5.74) is 1.43. The van der Waals surface area contributed by atoms with Crippen LogP contribution in [0.2, 0.25) is 5.02 Å². The molecule has 3 aromatic rings. The number of nitrogens with zero attached hydrogens (tertiary/aromatic N) is 5. The van der Waals surface area contributed by atoms with Crippen molar-refractivity contribution in [2.75, 3.05) is 50.8 Å². The van der Waals surface area contributed by atoms with Gasteiger partial charge in [-0.1, -0.05) is 11.6 Å². The molecule has 5 heterocycles. The van der Waals surface area contributed by atoms with Crippen LogP contribution in [-0.2, 0) is 10.9 Å². The van der Waals surface area contributed by atoms with Crippen molar-refractivity contribution in [3.05, 3.63) is 58.6 Å². The Morgan fingerprint density at radius 1 is 1.18 bits per heavy atom. The van der Waals surface area contributed by atoms with Gasteiger partial charge in [-0.05, 0) is 36.6 Å². The van der Waals surface area contributed by atoms with Crippen LogP contribution >= 0.6 is 11.6 Å². The molecule has 3 aliphatic heterocycles. The van der Waals surface area contributed by atoms with Crippen LogP contribution in [0, 0.1) is 5.92 Å². The third-order valence-corrected chi connectivity index (χ3v) is 7.92. The largest absolute Gasteiger partial charge is 0.451 e. The number of alkyl halides is 3. The monoisotopic (exact) mass is 561 g/mol. The molecular weight excluding hydrogens is 535 g/mol. The number of nitrogens with one attached hydrogen (secondary N) is 2. The maximum Gasteiger partial charge on any atom is 0.451 e. The van der Waals surface area contributed by atoms with Gasteiger partial charge in [-0.25, -0.2) is 15.0 Å². The van der Waals surface area contributed by atoms with E-state index in [1.165, 1.54) is 12.4 Å². The molecule has 0 aliphatic carbocycles. The molecule has 2 N–H and O–H groups in total. The van der Waals surface area contributed by atoms with Gasteiger partial charge < -0.3 is 15.0 Å². The summed E-state index contributed by atoms with van der Waals surface area (Å²) in [4.78, 5) is 29.6. The normalized spacial score (nSPS) is 22.4. The number of pyridine rings is 1. The Labute approximate surface area is 227 Å². The van der Waals surface area contributed by atoms with Crippen molar-refractivity contribution in [2.45, 2.75) is 24.8 Å². The number of carbonyl (C=O) groups is 1. The van der Waals surface area contributed by atoms with Crippen LogP contribution in [0.1, 0.15) is 34.2 Å². The summed E-state index contributed by atoms with van der Waals surface area (Å²) in [7, 11) is 0. The van der Waals surface area contributed by atoms with E-state index >= 15 is 0 Å². The number of fused-ring (bicyclic) bond motifs is 3. The van der Waals surface area contributed by atoms with Crippen LogP contribution in [0.15, 0.2) is 36.7 Å². The first-order valence-corrected chi connectivity index (χ1v) is 13.2. The summed E-state index contributed by atoms with van der Waals surface area (Å²) < 4.78 is 44.4. The van der Waals surface area contributed by atoms with Crippen LogP contribution in [0.4, 0.5) is 19.0 Å². The number of hydrogen-bond donors (Lipinski definition) is 2. The molecule has 3 fully saturated rings. The molecule has 2 bridgehead atoms. The van der Waals surface area contributed by atoms with E-state index in [0.717, 1.165) is 25.3 Å². The van der Waals surface area contributed by atoms with Crippen LogP contribution in [0.5, 0.6) is 0 Å². The molecule has 6 rings (SSSR count). The maximum atomic E-state index is 13.5. The first-order valence-electron chi connectivity index (χ1n) is 12.9. The minimum absolute atomic E-state index is 0.119. The number of hydrogen-bond acceptors (Lipinski definition) is 8. The summed E-state index contributed by atoms with van der Waals surface area (Å²) in [6, 6.07) is 6.79. The summed E-state index contributed by atoms with van der Waals surface area (Å²) >= 11 is 6.50. The Bertz CT molecular complexity index is 1370. The maximum absolute atomic E-state index is 13.5. The first kappa shape index (κ1) is 26.2. The number of morpholine rings is 1. The summed E-state index contributed by atoms with van der Waals surface area (Å²) in [5.74, 6) is -0.129. The van der Waals surface area contributed by atoms with Crippen molar-refractivity contribution in [2.24, 2.45) is 5.92 Å².